The molecule has 2 aromatic heterocycles. The highest BCUT2D eigenvalue weighted by molar-refractivity contribution is 7.98. The van der Waals surface area contributed by atoms with Crippen molar-refractivity contribution in [2.24, 2.45) is 0 Å². The van der Waals surface area contributed by atoms with E-state index >= 15 is 0 Å². The van der Waals surface area contributed by atoms with Crippen LogP contribution in [0.4, 0.5) is 13.2 Å². The number of thioether (sulfide) groups is 1. The van der Waals surface area contributed by atoms with Crippen molar-refractivity contribution in [3.8, 4) is 17.1 Å². The van der Waals surface area contributed by atoms with Crippen LogP contribution in [0.3, 0.4) is 0 Å². The van der Waals surface area contributed by atoms with Gasteiger partial charge in [-0.3, -0.25) is 4.79 Å². The van der Waals surface area contributed by atoms with Crippen molar-refractivity contribution < 1.29 is 22.3 Å². The molecule has 0 aliphatic rings. The first-order chi connectivity index (χ1) is 12.3. The Kier molecular flexibility index (Phi) is 5.03. The Hall–Kier alpha value is -2.75. The summed E-state index contributed by atoms with van der Waals surface area (Å²) < 4.78 is 48.7. The number of alkyl halides is 3. The molecule has 6 nitrogen and oxygen atoms in total. The second-order valence-corrected chi connectivity index (χ2v) is 6.03. The zero-order valence-electron chi connectivity index (χ0n) is 13.3. The van der Waals surface area contributed by atoms with Crippen molar-refractivity contribution in [1.82, 2.24) is 15.0 Å². The molecule has 0 aliphatic carbocycles. The number of rotatable bonds is 5. The summed E-state index contributed by atoms with van der Waals surface area (Å²) in [6.45, 7) is 0. The molecule has 1 aromatic carbocycles. The monoisotopic (exact) mass is 383 g/mol. The van der Waals surface area contributed by atoms with E-state index in [4.69, 9.17) is 9.15 Å². The SMILES string of the molecule is COc1ccc(-c2cnc(CSc3nc(C(F)(F)F)cc(=O)[nH]3)o2)cc1. The van der Waals surface area contributed by atoms with E-state index in [0.717, 1.165) is 17.3 Å². The lowest BCUT2D eigenvalue weighted by atomic mass is 10.2. The summed E-state index contributed by atoms with van der Waals surface area (Å²) in [5.74, 6) is 1.61. The molecule has 1 N–H and O–H groups in total. The third kappa shape index (κ3) is 4.26. The van der Waals surface area contributed by atoms with Gasteiger partial charge in [0.15, 0.2) is 16.6 Å². The lowest BCUT2D eigenvalue weighted by Gasteiger charge is -2.06. The summed E-state index contributed by atoms with van der Waals surface area (Å²) in [5, 5.41) is -0.158. The number of nitrogens with one attached hydrogen (secondary N) is 1. The number of H-pyrrole nitrogens is 1. The van der Waals surface area contributed by atoms with Gasteiger partial charge >= 0.3 is 6.18 Å². The Bertz CT molecular complexity index is 952. The quantitative estimate of drug-likeness (QED) is 0.534. The van der Waals surface area contributed by atoms with Gasteiger partial charge in [0, 0.05) is 11.6 Å². The number of hydrogen-bond donors (Lipinski definition) is 1. The average molecular weight is 383 g/mol. The number of methoxy groups -OCH3 is 1. The zero-order chi connectivity index (χ0) is 18.7. The predicted octanol–water partition coefficient (Wildman–Crippen LogP) is 3.74. The van der Waals surface area contributed by atoms with Crippen molar-refractivity contribution in [2.75, 3.05) is 7.11 Å². The number of aromatic nitrogens is 3. The summed E-state index contributed by atoms with van der Waals surface area (Å²) in [5.41, 5.74) is -1.34. The lowest BCUT2D eigenvalue weighted by Crippen LogP contribution is -2.16. The molecule has 0 bridgehead atoms. The molecule has 3 aromatic rings. The Morgan fingerprint density at radius 1 is 1.27 bits per heavy atom. The fraction of sp³-hybridized carbons (Fsp3) is 0.188. The van der Waals surface area contributed by atoms with Crippen LogP contribution in [0.2, 0.25) is 0 Å². The maximum absolute atomic E-state index is 12.7. The predicted molar refractivity (Wildman–Crippen MR) is 87.9 cm³/mol. The Balaban J connectivity index is 1.72. The van der Waals surface area contributed by atoms with E-state index in [1.54, 1.807) is 31.4 Å². The van der Waals surface area contributed by atoms with Crippen LogP contribution in [-0.2, 0) is 11.9 Å². The van der Waals surface area contributed by atoms with Crippen LogP contribution in [0.5, 0.6) is 5.75 Å². The standard InChI is InChI=1S/C16H12F3N3O3S/c1-24-10-4-2-9(3-5-10)11-7-20-14(25-11)8-26-15-21-12(16(17,18)19)6-13(23)22-15/h2-7H,8H2,1H3,(H,21,22,23). The molecule has 10 heteroatoms. The summed E-state index contributed by atoms with van der Waals surface area (Å²) in [6.07, 6.45) is -3.17. The minimum absolute atomic E-state index is 0.112. The highest BCUT2D eigenvalue weighted by Gasteiger charge is 2.33. The van der Waals surface area contributed by atoms with Crippen molar-refractivity contribution >= 4 is 11.8 Å². The third-order valence-electron chi connectivity index (χ3n) is 3.27. The van der Waals surface area contributed by atoms with Gasteiger partial charge < -0.3 is 14.1 Å². The molecule has 0 atom stereocenters. The van der Waals surface area contributed by atoms with Crippen LogP contribution in [0.1, 0.15) is 11.6 Å². The van der Waals surface area contributed by atoms with E-state index in [-0.39, 0.29) is 10.9 Å². The van der Waals surface area contributed by atoms with Gasteiger partial charge in [-0.1, -0.05) is 11.8 Å². The average Bonchev–Trinajstić information content (AvgIpc) is 3.08. The van der Waals surface area contributed by atoms with Gasteiger partial charge in [-0.2, -0.15) is 13.2 Å². The molecule has 2 heterocycles. The van der Waals surface area contributed by atoms with Crippen molar-refractivity contribution in [1.29, 1.82) is 0 Å². The molecule has 0 unspecified atom stereocenters. The molecule has 0 amide bonds. The molecule has 0 saturated carbocycles. The van der Waals surface area contributed by atoms with Gasteiger partial charge in [-0.15, -0.1) is 0 Å². The maximum Gasteiger partial charge on any atom is 0.433 e. The number of aromatic amines is 1. The second kappa shape index (κ2) is 7.24. The fourth-order valence-corrected chi connectivity index (χ4v) is 2.77. The van der Waals surface area contributed by atoms with Crippen LogP contribution in [0.15, 0.2) is 50.9 Å². The summed E-state index contributed by atoms with van der Waals surface area (Å²) in [6, 6.07) is 7.54. The van der Waals surface area contributed by atoms with Gasteiger partial charge in [0.25, 0.3) is 5.56 Å². The zero-order valence-corrected chi connectivity index (χ0v) is 14.1. The normalized spacial score (nSPS) is 11.5. The molecule has 26 heavy (non-hydrogen) atoms. The van der Waals surface area contributed by atoms with Gasteiger partial charge in [-0.05, 0) is 24.3 Å². The van der Waals surface area contributed by atoms with Crippen LogP contribution in [0, 0.1) is 0 Å². The Morgan fingerprint density at radius 2 is 2.00 bits per heavy atom. The first kappa shape index (κ1) is 18.1. The Labute approximate surface area is 149 Å². The molecule has 0 aliphatic heterocycles. The van der Waals surface area contributed by atoms with E-state index in [1.807, 2.05) is 0 Å². The van der Waals surface area contributed by atoms with Crippen molar-refractivity contribution in [3.63, 3.8) is 0 Å². The molecule has 0 radical (unpaired) electrons. The molecule has 3 rings (SSSR count). The minimum Gasteiger partial charge on any atom is -0.497 e. The van der Waals surface area contributed by atoms with Gasteiger partial charge in [0.1, 0.15) is 5.75 Å². The smallest absolute Gasteiger partial charge is 0.433 e. The minimum atomic E-state index is -4.69. The maximum atomic E-state index is 12.7. The third-order valence-corrected chi connectivity index (χ3v) is 4.13. The van der Waals surface area contributed by atoms with Crippen LogP contribution in [0.25, 0.3) is 11.3 Å². The van der Waals surface area contributed by atoms with Gasteiger partial charge in [-0.25, -0.2) is 9.97 Å². The van der Waals surface area contributed by atoms with E-state index in [1.165, 1.54) is 6.20 Å². The van der Waals surface area contributed by atoms with Gasteiger partial charge in [0.2, 0.25) is 5.89 Å². The number of benzene rings is 1. The van der Waals surface area contributed by atoms with Crippen LogP contribution >= 0.6 is 11.8 Å². The fourth-order valence-electron chi connectivity index (χ4n) is 2.04. The van der Waals surface area contributed by atoms with E-state index in [2.05, 4.69) is 15.0 Å². The van der Waals surface area contributed by atoms with Crippen molar-refractivity contribution in [3.05, 3.63) is 58.5 Å². The Morgan fingerprint density at radius 3 is 2.65 bits per heavy atom. The molecule has 0 saturated heterocycles. The highest BCUT2D eigenvalue weighted by atomic mass is 32.2. The van der Waals surface area contributed by atoms with E-state index in [0.29, 0.717) is 23.5 Å². The molecule has 0 spiro atoms. The second-order valence-electron chi connectivity index (χ2n) is 5.07. The number of hydrogen-bond acceptors (Lipinski definition) is 6. The summed E-state index contributed by atoms with van der Waals surface area (Å²) >= 11 is 0.890. The number of oxazole rings is 1. The number of halogens is 3. The molecular formula is C16H12F3N3O3S. The summed E-state index contributed by atoms with van der Waals surface area (Å²) in [7, 11) is 1.56. The molecule has 136 valence electrons. The van der Waals surface area contributed by atoms with E-state index < -0.39 is 17.4 Å². The number of nitrogens with zero attached hydrogens (tertiary/aromatic N) is 2. The molecule has 0 fully saturated rings. The lowest BCUT2D eigenvalue weighted by molar-refractivity contribution is -0.141. The topological polar surface area (TPSA) is 81.0 Å². The van der Waals surface area contributed by atoms with Gasteiger partial charge in [0.05, 0.1) is 19.1 Å². The molecular weight excluding hydrogens is 371 g/mol. The van der Waals surface area contributed by atoms with Crippen LogP contribution < -0.4 is 10.3 Å². The van der Waals surface area contributed by atoms with Crippen molar-refractivity contribution in [2.45, 2.75) is 17.1 Å². The summed E-state index contributed by atoms with van der Waals surface area (Å²) in [4.78, 5) is 21.1. The number of ether oxygens (including phenoxy) is 1. The van der Waals surface area contributed by atoms with Crippen LogP contribution in [-0.4, -0.2) is 22.1 Å². The van der Waals surface area contributed by atoms with E-state index in [9.17, 15) is 18.0 Å². The highest BCUT2D eigenvalue weighted by Crippen LogP contribution is 2.29. The first-order valence-electron chi connectivity index (χ1n) is 7.25. The largest absolute Gasteiger partial charge is 0.497 e. The first-order valence-corrected chi connectivity index (χ1v) is 8.24.